The van der Waals surface area contributed by atoms with Gasteiger partial charge in [-0.25, -0.2) is 0 Å². The van der Waals surface area contributed by atoms with E-state index in [0.29, 0.717) is 6.42 Å². The Morgan fingerprint density at radius 2 is 0.833 bits per heavy atom. The van der Waals surface area contributed by atoms with Crippen molar-refractivity contribution in [3.05, 3.63) is 24.3 Å². The van der Waals surface area contributed by atoms with Crippen molar-refractivity contribution in [2.24, 2.45) is 0 Å². The second kappa shape index (κ2) is 26.0. The Labute approximate surface area is 188 Å². The molecule has 0 radical (unpaired) electrons. The fraction of sp³-hybridized carbons (Fsp3) is 0.821. The summed E-state index contributed by atoms with van der Waals surface area (Å²) in [4.78, 5) is 10.4. The van der Waals surface area contributed by atoms with Crippen molar-refractivity contribution in [2.75, 3.05) is 0 Å². The zero-order valence-corrected chi connectivity index (χ0v) is 20.2. The van der Waals surface area contributed by atoms with Gasteiger partial charge in [-0.1, -0.05) is 128 Å². The summed E-state index contributed by atoms with van der Waals surface area (Å²) in [5.74, 6) is -0.653. The standard InChI is InChI=1S/C28H52O2/c1-2-3-4-5-6-7-8-9-10-11-12-13-14-15-16-17-18-19-20-21-22-23-24-25-26-27-28(29)30/h5-6,9-10H,2-4,7-8,11-27H2,1H3,(H,29,30). The highest BCUT2D eigenvalue weighted by Gasteiger charge is 1.97. The number of carboxylic acids is 1. The van der Waals surface area contributed by atoms with Crippen molar-refractivity contribution in [3.63, 3.8) is 0 Å². The van der Waals surface area contributed by atoms with Crippen molar-refractivity contribution in [1.29, 1.82) is 0 Å². The minimum atomic E-state index is -0.653. The van der Waals surface area contributed by atoms with Crippen LogP contribution in [0.4, 0.5) is 0 Å². The van der Waals surface area contributed by atoms with E-state index in [1.54, 1.807) is 0 Å². The number of unbranched alkanes of at least 4 members (excludes halogenated alkanes) is 18. The van der Waals surface area contributed by atoms with Gasteiger partial charge in [0.25, 0.3) is 0 Å². The van der Waals surface area contributed by atoms with Gasteiger partial charge in [0.15, 0.2) is 0 Å². The molecular formula is C28H52O2. The van der Waals surface area contributed by atoms with Crippen LogP contribution in [0.25, 0.3) is 0 Å². The van der Waals surface area contributed by atoms with Gasteiger partial charge in [0.2, 0.25) is 0 Å². The summed E-state index contributed by atoms with van der Waals surface area (Å²) in [7, 11) is 0. The van der Waals surface area contributed by atoms with Crippen molar-refractivity contribution >= 4 is 5.97 Å². The largest absolute Gasteiger partial charge is 0.481 e. The minimum Gasteiger partial charge on any atom is -0.481 e. The molecule has 176 valence electrons. The normalized spacial score (nSPS) is 11.8. The topological polar surface area (TPSA) is 37.3 Å². The van der Waals surface area contributed by atoms with Crippen LogP contribution in [0.3, 0.4) is 0 Å². The van der Waals surface area contributed by atoms with E-state index in [1.807, 2.05) is 0 Å². The fourth-order valence-electron chi connectivity index (χ4n) is 3.82. The molecule has 2 nitrogen and oxygen atoms in total. The van der Waals surface area contributed by atoms with Gasteiger partial charge in [-0.3, -0.25) is 4.79 Å². The van der Waals surface area contributed by atoms with Gasteiger partial charge in [0.1, 0.15) is 0 Å². The first-order valence-corrected chi connectivity index (χ1v) is 13.3. The van der Waals surface area contributed by atoms with Gasteiger partial charge in [-0.15, -0.1) is 0 Å². The number of hydrogen-bond acceptors (Lipinski definition) is 1. The minimum absolute atomic E-state index is 0.342. The Hall–Kier alpha value is -1.05. The molecule has 0 aliphatic rings. The molecule has 0 aromatic carbocycles. The number of allylic oxidation sites excluding steroid dienone is 4. The summed E-state index contributed by atoms with van der Waals surface area (Å²) in [6, 6.07) is 0. The quantitative estimate of drug-likeness (QED) is 0.125. The smallest absolute Gasteiger partial charge is 0.303 e. The molecule has 0 fully saturated rings. The van der Waals surface area contributed by atoms with Crippen molar-refractivity contribution in [3.8, 4) is 0 Å². The summed E-state index contributed by atoms with van der Waals surface area (Å²) >= 11 is 0. The number of aliphatic carboxylic acids is 1. The van der Waals surface area contributed by atoms with Gasteiger partial charge in [0.05, 0.1) is 0 Å². The highest BCUT2D eigenvalue weighted by atomic mass is 16.4. The molecule has 1 N–H and O–H groups in total. The molecule has 30 heavy (non-hydrogen) atoms. The summed E-state index contributed by atoms with van der Waals surface area (Å²) in [6.45, 7) is 2.25. The molecule has 0 unspecified atom stereocenters. The average molecular weight is 421 g/mol. The van der Waals surface area contributed by atoms with Gasteiger partial charge < -0.3 is 5.11 Å². The predicted octanol–water partition coefficient (Wildman–Crippen LogP) is 9.79. The third-order valence-electron chi connectivity index (χ3n) is 5.82. The van der Waals surface area contributed by atoms with E-state index >= 15 is 0 Å². The molecule has 0 aromatic rings. The molecule has 0 aliphatic carbocycles. The zero-order valence-electron chi connectivity index (χ0n) is 20.2. The van der Waals surface area contributed by atoms with E-state index in [1.165, 1.54) is 122 Å². The predicted molar refractivity (Wildman–Crippen MR) is 133 cm³/mol. The Morgan fingerprint density at radius 1 is 0.500 bits per heavy atom. The molecule has 0 amide bonds. The van der Waals surface area contributed by atoms with Crippen LogP contribution in [-0.4, -0.2) is 11.1 Å². The van der Waals surface area contributed by atoms with Gasteiger partial charge in [-0.05, 0) is 38.5 Å². The highest BCUT2D eigenvalue weighted by Crippen LogP contribution is 2.14. The molecule has 0 spiro atoms. The number of carboxylic acid groups (broad SMARTS) is 1. The van der Waals surface area contributed by atoms with Crippen LogP contribution < -0.4 is 0 Å². The zero-order chi connectivity index (χ0) is 22.0. The van der Waals surface area contributed by atoms with E-state index in [0.717, 1.165) is 12.8 Å². The molecule has 0 rings (SSSR count). The molecule has 0 aromatic heterocycles. The monoisotopic (exact) mass is 420 g/mol. The lowest BCUT2D eigenvalue weighted by molar-refractivity contribution is -0.137. The lowest BCUT2D eigenvalue weighted by Gasteiger charge is -2.03. The van der Waals surface area contributed by atoms with Gasteiger partial charge in [0, 0.05) is 6.42 Å². The number of rotatable bonds is 24. The second-order valence-electron chi connectivity index (χ2n) is 8.90. The Kier molecular flexibility index (Phi) is 25.1. The van der Waals surface area contributed by atoms with Crippen molar-refractivity contribution < 1.29 is 9.90 Å². The Bertz CT molecular complexity index is 397. The summed E-state index contributed by atoms with van der Waals surface area (Å²) in [6.07, 6.45) is 37.1. The SMILES string of the molecule is CCCCC=CCCC=CCCCCCCCCCCCCCCCCCC(=O)O. The van der Waals surface area contributed by atoms with Crippen LogP contribution in [0.5, 0.6) is 0 Å². The van der Waals surface area contributed by atoms with Crippen LogP contribution in [0.15, 0.2) is 24.3 Å². The molecule has 0 saturated heterocycles. The van der Waals surface area contributed by atoms with E-state index in [4.69, 9.17) is 5.11 Å². The van der Waals surface area contributed by atoms with E-state index in [2.05, 4.69) is 31.2 Å². The average Bonchev–Trinajstić information content (AvgIpc) is 2.73. The Balaban J connectivity index is 3.10. The summed E-state index contributed by atoms with van der Waals surface area (Å²) in [5.41, 5.74) is 0. The lowest BCUT2D eigenvalue weighted by atomic mass is 10.0. The van der Waals surface area contributed by atoms with Crippen LogP contribution >= 0.6 is 0 Å². The molecule has 2 heteroatoms. The van der Waals surface area contributed by atoms with Crippen LogP contribution in [0, 0.1) is 0 Å². The highest BCUT2D eigenvalue weighted by molar-refractivity contribution is 5.66. The third kappa shape index (κ3) is 27.0. The molecule has 0 bridgehead atoms. The first kappa shape index (κ1) is 28.9. The molecule has 0 aliphatic heterocycles. The first-order valence-electron chi connectivity index (χ1n) is 13.3. The van der Waals surface area contributed by atoms with Crippen LogP contribution in [0.1, 0.15) is 148 Å². The molecule has 0 atom stereocenters. The van der Waals surface area contributed by atoms with Crippen molar-refractivity contribution in [1.82, 2.24) is 0 Å². The van der Waals surface area contributed by atoms with E-state index in [-0.39, 0.29) is 0 Å². The van der Waals surface area contributed by atoms with Crippen molar-refractivity contribution in [2.45, 2.75) is 148 Å². The fourth-order valence-corrected chi connectivity index (χ4v) is 3.82. The maximum atomic E-state index is 10.4. The summed E-state index contributed by atoms with van der Waals surface area (Å²) in [5, 5.41) is 8.59. The van der Waals surface area contributed by atoms with E-state index < -0.39 is 5.97 Å². The summed E-state index contributed by atoms with van der Waals surface area (Å²) < 4.78 is 0. The molecular weight excluding hydrogens is 368 g/mol. The molecule has 0 heterocycles. The van der Waals surface area contributed by atoms with Crippen LogP contribution in [0.2, 0.25) is 0 Å². The van der Waals surface area contributed by atoms with Gasteiger partial charge in [-0.2, -0.15) is 0 Å². The first-order chi connectivity index (χ1) is 14.8. The second-order valence-corrected chi connectivity index (χ2v) is 8.90. The number of carbonyl (C=O) groups is 1. The molecule has 0 saturated carbocycles. The van der Waals surface area contributed by atoms with Gasteiger partial charge >= 0.3 is 5.97 Å². The number of hydrogen-bond donors (Lipinski definition) is 1. The van der Waals surface area contributed by atoms with Crippen LogP contribution in [-0.2, 0) is 4.79 Å². The maximum absolute atomic E-state index is 10.4. The lowest BCUT2D eigenvalue weighted by Crippen LogP contribution is -1.93. The van der Waals surface area contributed by atoms with E-state index in [9.17, 15) is 4.79 Å². The maximum Gasteiger partial charge on any atom is 0.303 e. The third-order valence-corrected chi connectivity index (χ3v) is 5.82. The Morgan fingerprint density at radius 3 is 1.23 bits per heavy atom.